The number of carboxylic acid groups (broad SMARTS) is 3. The molecule has 3 aliphatic rings. The van der Waals surface area contributed by atoms with Crippen molar-refractivity contribution >= 4 is 175 Å². The Balaban J connectivity index is 0.000000299. The molecule has 6 amide bonds. The molecule has 0 spiro atoms. The van der Waals surface area contributed by atoms with Gasteiger partial charge in [-0.3, -0.25) is 33.6 Å². The Kier molecular flexibility index (Phi) is 44.8. The quantitative estimate of drug-likeness (QED) is 0.00502. The van der Waals surface area contributed by atoms with Crippen molar-refractivity contribution in [2.24, 2.45) is 0 Å². The first-order valence-corrected chi connectivity index (χ1v) is 44.5. The molecule has 12 rings (SSSR count). The molecule has 6 aromatic heterocycles. The Morgan fingerprint density at radius 3 is 1.44 bits per heavy atom. The van der Waals surface area contributed by atoms with E-state index in [1.165, 1.54) is 29.4 Å². The van der Waals surface area contributed by atoms with E-state index in [9.17, 15) is 57.8 Å². The summed E-state index contributed by atoms with van der Waals surface area (Å²) in [6.07, 6.45) is 26.0. The van der Waals surface area contributed by atoms with Crippen LogP contribution in [0, 0.1) is 12.8 Å². The highest BCUT2D eigenvalue weighted by molar-refractivity contribution is 6.60. The van der Waals surface area contributed by atoms with Crippen molar-refractivity contribution in [3.05, 3.63) is 149 Å². The first-order valence-electron chi connectivity index (χ1n) is 45.1. The number of rotatable bonds is 31. The van der Waals surface area contributed by atoms with Gasteiger partial charge in [-0.2, -0.15) is 29.9 Å². The van der Waals surface area contributed by atoms with Gasteiger partial charge in [0.25, 0.3) is 19.2 Å². The zero-order valence-electron chi connectivity index (χ0n) is 81.1. The van der Waals surface area contributed by atoms with E-state index in [1.807, 2.05) is 70.9 Å². The number of nitrogens with zero attached hydrogens (tertiary/aromatic N) is 16. The summed E-state index contributed by atoms with van der Waals surface area (Å²) in [6.45, 7) is 10.4. The van der Waals surface area contributed by atoms with E-state index in [2.05, 4.69) is 120 Å². The first kappa shape index (κ1) is 110. The van der Waals surface area contributed by atoms with Crippen LogP contribution in [-0.4, -0.2) is 265 Å². The third kappa shape index (κ3) is 39.3. The normalized spacial score (nSPS) is 15.1. The number of anilines is 9. The molecule has 1 fully saturated rings. The lowest BCUT2D eigenvalue weighted by Crippen LogP contribution is -2.49. The molecule has 1 saturated heterocycles. The lowest BCUT2D eigenvalue weighted by molar-refractivity contribution is -0.165. The standard InChI is InChI=1S/C32H42N10O6.C27H32N8O5.C20H20N8O4.C9H20N2O2.C2H2.CHClO2.CH2O/c1-41(16-17-42(2)32(47)48-23-8-6-4-3-5-7-9-23)30(46)24(14-15-25(43)44)38-29(45)20-10-12-21(13-11-20)35-18-22-19-36-28-26(37-22)27(33)39-31(34)40-28;28-23-22-24(35-27(29)34-23)31-15-18(32-22)14-30-17-10-8-16(9-11-17)25(38)33-20(12-13-21(36)37)26(39)40-19-6-4-2-1-3-5-7-19;1-28(9-11-8-23-17-15(24-11)16(21)26-20(22)27-17)12-4-2-10(3-5-12)18(30)25-13-6-7-14(29)32-19(13)31;1-9(2,3)13-8(12)11(5)7-6-10-4;1-2;2-1(3)4;1-2/h6,8,10-13,19,23-24,35H,3-5,7,9,14-18H2,1-2H3,(H,38,45)(H,43,44)(H4,33,34,36,39,40);4,6,8-11,15,19-20,30H,1-3,5,7,12-14H2,(H,33,38)(H,36,37)(H4,28,29,31,34,35);2-5,8,13H,6-7,9H2,1H3,(H,25,30)(H4,21,22,23,26,27);10H,6-7H2,1-5H3;1-2H;(H,3,4);1H2/b8-6+;6-4+;;;;;/t23?,24-;19?,20-;13-;;;;/m110..../s1/i;;;;1D;;/hT. The molecule has 0 radical (unpaired) electrons. The van der Waals surface area contributed by atoms with Crippen LogP contribution >= 0.6 is 11.6 Å². The molecular formula is C92H119ClN28O20. The van der Waals surface area contributed by atoms with Crippen LogP contribution in [0.25, 0.3) is 34.9 Å². The number of ether oxygens (including phenoxy) is 4. The zero-order valence-corrected chi connectivity index (χ0v) is 79.9. The minimum absolute atomic E-state index is 0.00825. The topological polar surface area (TPSA) is 715 Å². The first-order chi connectivity index (χ1) is 68.1. The summed E-state index contributed by atoms with van der Waals surface area (Å²) >= 11 is 4.41. The fraction of sp³-hybridized carbons (Fsp3) is 0.402. The maximum absolute atomic E-state index is 13.3. The van der Waals surface area contributed by atoms with E-state index in [0.29, 0.717) is 100 Å². The number of amides is 6. The van der Waals surface area contributed by atoms with Crippen molar-refractivity contribution < 1.29 is 98.0 Å². The molecule has 1 aliphatic heterocycles. The number of fused-ring (bicyclic) bond motifs is 3. The van der Waals surface area contributed by atoms with Gasteiger partial charge in [-0.25, -0.2) is 53.9 Å². The molecule has 2 aliphatic carbocycles. The number of likely N-dealkylation sites (N-methyl/N-ethyl adjacent to an activating group) is 4. The van der Waals surface area contributed by atoms with Crippen LogP contribution in [0.2, 0.25) is 0 Å². The van der Waals surface area contributed by atoms with Crippen molar-refractivity contribution in [2.75, 3.05) is 111 Å². The van der Waals surface area contributed by atoms with Crippen molar-refractivity contribution in [1.29, 1.82) is 1.43 Å². The summed E-state index contributed by atoms with van der Waals surface area (Å²) in [4.78, 5) is 207. The maximum Gasteiger partial charge on any atom is 0.410 e. The molecule has 49 heteroatoms. The average molecular weight is 1980 g/mol. The van der Waals surface area contributed by atoms with Gasteiger partial charge in [0.05, 0.1) is 55.3 Å². The number of carboxylic acids is 2. The van der Waals surface area contributed by atoms with Gasteiger partial charge < -0.3 is 125 Å². The smallest absolute Gasteiger partial charge is 0.410 e. The lowest BCUT2D eigenvalue weighted by atomic mass is 10.0. The van der Waals surface area contributed by atoms with Crippen LogP contribution in [0.1, 0.15) is 173 Å². The number of aliphatic carboxylic acids is 2. The Labute approximate surface area is 819 Å². The number of hydrogen-bond donors (Lipinski definition) is 15. The molecule has 48 nitrogen and oxygen atoms in total. The fourth-order valence-electron chi connectivity index (χ4n) is 13.2. The molecular weight excluding hydrogens is 1850 g/mol. The minimum atomic E-state index is -1.11. The van der Waals surface area contributed by atoms with Gasteiger partial charge in [0.15, 0.2) is 50.9 Å². The molecule has 0 saturated carbocycles. The van der Waals surface area contributed by atoms with Gasteiger partial charge in [-0.15, -0.1) is 12.8 Å². The molecule has 2 unspecified atom stereocenters. The summed E-state index contributed by atoms with van der Waals surface area (Å²) in [6, 6.07) is 16.9. The van der Waals surface area contributed by atoms with E-state index in [0.717, 1.165) is 70.0 Å². The molecule has 141 heavy (non-hydrogen) atoms. The summed E-state index contributed by atoms with van der Waals surface area (Å²) in [5, 5.41) is 38.7. The number of carbonyl (C=O) groups is 13. The summed E-state index contributed by atoms with van der Waals surface area (Å²) in [7, 11) is 8.56. The number of cyclic esters (lactones) is 2. The fourth-order valence-corrected chi connectivity index (χ4v) is 13.2. The van der Waals surface area contributed by atoms with Crippen LogP contribution in [0.3, 0.4) is 0 Å². The van der Waals surface area contributed by atoms with Crippen LogP contribution in [-0.2, 0) is 72.1 Å². The van der Waals surface area contributed by atoms with Gasteiger partial charge in [-0.05, 0) is 183 Å². The highest BCUT2D eigenvalue weighted by Crippen LogP contribution is 2.25. The van der Waals surface area contributed by atoms with Crippen molar-refractivity contribution in [3.63, 3.8) is 0 Å². The number of hydrogen-bond acceptors (Lipinski definition) is 40. The average Bonchev–Trinajstić information content (AvgIpc) is 0.834. The highest BCUT2D eigenvalue weighted by atomic mass is 35.5. The molecule has 5 atom stereocenters. The second-order valence-electron chi connectivity index (χ2n) is 32.5. The van der Waals surface area contributed by atoms with Crippen LogP contribution < -0.4 is 71.2 Å². The van der Waals surface area contributed by atoms with Gasteiger partial charge in [-0.1, -0.05) is 25.0 Å². The van der Waals surface area contributed by atoms with Crippen LogP contribution in [0.4, 0.5) is 66.7 Å². The second-order valence-corrected chi connectivity index (χ2v) is 32.8. The van der Waals surface area contributed by atoms with E-state index in [4.69, 9.17) is 66.1 Å². The van der Waals surface area contributed by atoms with E-state index in [1.54, 1.807) is 104 Å². The molecule has 7 heterocycles. The number of allylic oxidation sites excluding steroid dienone is 2. The van der Waals surface area contributed by atoms with Crippen LogP contribution in [0.5, 0.6) is 0 Å². The largest absolute Gasteiger partial charge is 0.481 e. The van der Waals surface area contributed by atoms with Crippen LogP contribution in [0.15, 0.2) is 116 Å². The summed E-state index contributed by atoms with van der Waals surface area (Å²) in [5.74, 6) is -5.60. The number of esters is 3. The number of nitrogen functional groups attached to an aromatic ring is 6. The van der Waals surface area contributed by atoms with E-state index in [-0.39, 0.29) is 110 Å². The van der Waals surface area contributed by atoms with Gasteiger partial charge >= 0.3 is 47.5 Å². The zero-order chi connectivity index (χ0) is 105. The van der Waals surface area contributed by atoms with E-state index < -0.39 is 94.8 Å². The number of terminal acetylenes is 1. The van der Waals surface area contributed by atoms with Gasteiger partial charge in [0, 0.05) is 119 Å². The third-order valence-corrected chi connectivity index (χ3v) is 20.4. The highest BCUT2D eigenvalue weighted by Gasteiger charge is 2.33. The van der Waals surface area contributed by atoms with Crippen molar-refractivity contribution in [2.45, 2.75) is 179 Å². The second kappa shape index (κ2) is 57.5. The van der Waals surface area contributed by atoms with Crippen molar-refractivity contribution in [3.8, 4) is 12.8 Å². The summed E-state index contributed by atoms with van der Waals surface area (Å²) < 4.78 is 32.3. The lowest BCUT2D eigenvalue weighted by Gasteiger charge is -2.27. The number of nitrogens with two attached hydrogens (primary N) is 6. The van der Waals surface area contributed by atoms with E-state index >= 15 is 0 Å². The Hall–Kier alpha value is -16.5. The summed E-state index contributed by atoms with van der Waals surface area (Å²) in [5.41, 5.74) is 39.8. The Bertz CT molecular complexity index is 5930. The van der Waals surface area contributed by atoms with Gasteiger partial charge in [0.1, 0.15) is 44.1 Å². The van der Waals surface area contributed by atoms with Crippen molar-refractivity contribution in [1.82, 2.24) is 95.8 Å². The Morgan fingerprint density at radius 1 is 0.574 bits per heavy atom. The Morgan fingerprint density at radius 2 is 0.993 bits per heavy atom. The number of aromatic nitrogens is 12. The number of carbonyl (C=O) groups excluding carboxylic acids is 10. The maximum atomic E-state index is 13.3. The monoisotopic (exact) mass is 1970 g/mol. The number of benzene rings is 3. The molecule has 9 aromatic rings. The minimum Gasteiger partial charge on any atom is -0.481 e. The molecule has 754 valence electrons. The molecule has 0 bridgehead atoms. The predicted molar refractivity (Wildman–Crippen MR) is 524 cm³/mol. The number of halogens is 1. The predicted octanol–water partition coefficient (Wildman–Crippen LogP) is 7.39. The SMILES string of the molecule is C=O.CN(CCN(C)C(=O)[C@@H](CCC(=O)O)NC(=O)c1ccc(NCc2cnc3nc(N)nc(N)c3n2)cc1)C(=O)OC1/C=C/CCCCC1.CN(Cc1cnc2nc(N)nc(N)c2n1)c1ccc(C(=O)N[C@H]2CCC(=O)OC2=O)cc1.CNCCN(C)C(=O)OC(C)(C)C.Nc1nc(N)c2nc(CNc3ccc(C(=O)N[C@H](CCC(=O)O)C(=O)OC4/C=C/CCCCC4)cc3)cnc2n1.[2H]C#C.[3H]OC(=O)Cl. The molecule has 3 aromatic carbocycles. The van der Waals surface area contributed by atoms with Gasteiger partial charge in [0.2, 0.25) is 23.8 Å². The molecule has 21 N–H and O–H groups in total. The number of nitrogens with one attached hydrogen (secondary N) is 6. The third-order valence-electron chi connectivity index (χ3n) is 20.4.